The molecule has 2 aromatic rings. The van der Waals surface area contributed by atoms with Crippen LogP contribution in [0.5, 0.6) is 0 Å². The van der Waals surface area contributed by atoms with E-state index in [-0.39, 0.29) is 29.9 Å². The van der Waals surface area contributed by atoms with Crippen molar-refractivity contribution in [3.8, 4) is 0 Å². The van der Waals surface area contributed by atoms with Crippen LogP contribution in [-0.4, -0.2) is 41.2 Å². The second-order valence-electron chi connectivity index (χ2n) is 6.76. The standard InChI is InChI=1S/C19H23FN4O2/c1-22(2)16-11-18(25)24(21-12-16)13-19(26)23-9-4-3-8-17(23)14-6-5-7-15(20)10-14/h5-7,10-12,17H,3-4,8-9,13H2,1-2H3/t17-/m0/s1. The van der Waals surface area contributed by atoms with Crippen molar-refractivity contribution in [1.29, 1.82) is 0 Å². The lowest BCUT2D eigenvalue weighted by Gasteiger charge is -2.36. The van der Waals surface area contributed by atoms with Crippen molar-refractivity contribution in [2.45, 2.75) is 31.8 Å². The smallest absolute Gasteiger partial charge is 0.269 e. The maximum absolute atomic E-state index is 13.6. The van der Waals surface area contributed by atoms with Crippen molar-refractivity contribution in [2.75, 3.05) is 25.5 Å². The van der Waals surface area contributed by atoms with Gasteiger partial charge in [-0.15, -0.1) is 0 Å². The van der Waals surface area contributed by atoms with Crippen molar-refractivity contribution >= 4 is 11.6 Å². The first kappa shape index (κ1) is 18.1. The number of aromatic nitrogens is 2. The maximum atomic E-state index is 13.6. The molecule has 1 atom stereocenters. The Kier molecular flexibility index (Phi) is 5.35. The van der Waals surface area contributed by atoms with Crippen LogP contribution >= 0.6 is 0 Å². The number of likely N-dealkylation sites (tertiary alicyclic amines) is 1. The summed E-state index contributed by atoms with van der Waals surface area (Å²) >= 11 is 0. The van der Waals surface area contributed by atoms with E-state index >= 15 is 0 Å². The van der Waals surface area contributed by atoms with Crippen molar-refractivity contribution in [3.63, 3.8) is 0 Å². The SMILES string of the molecule is CN(C)c1cnn(CC(=O)N2CCCC[C@H]2c2cccc(F)c2)c(=O)c1. The zero-order valence-corrected chi connectivity index (χ0v) is 15.1. The predicted molar refractivity (Wildman–Crippen MR) is 97.5 cm³/mol. The Hall–Kier alpha value is -2.70. The predicted octanol–water partition coefficient (Wildman–Crippen LogP) is 2.20. The van der Waals surface area contributed by atoms with Gasteiger partial charge in [-0.1, -0.05) is 12.1 Å². The zero-order valence-electron chi connectivity index (χ0n) is 15.1. The number of hydrogen-bond donors (Lipinski definition) is 0. The van der Waals surface area contributed by atoms with Gasteiger partial charge in [0, 0.05) is 26.7 Å². The maximum Gasteiger partial charge on any atom is 0.269 e. The van der Waals surface area contributed by atoms with E-state index in [9.17, 15) is 14.0 Å². The molecule has 0 radical (unpaired) electrons. The molecule has 3 rings (SSSR count). The monoisotopic (exact) mass is 358 g/mol. The Morgan fingerprint density at radius 3 is 2.81 bits per heavy atom. The van der Waals surface area contributed by atoms with Crippen LogP contribution in [0.4, 0.5) is 10.1 Å². The van der Waals surface area contributed by atoms with Gasteiger partial charge >= 0.3 is 0 Å². The average molecular weight is 358 g/mol. The van der Waals surface area contributed by atoms with Crippen molar-refractivity contribution in [1.82, 2.24) is 14.7 Å². The molecule has 2 heterocycles. The van der Waals surface area contributed by atoms with Crippen molar-refractivity contribution in [2.24, 2.45) is 0 Å². The van der Waals surface area contributed by atoms with E-state index in [4.69, 9.17) is 0 Å². The van der Waals surface area contributed by atoms with E-state index in [0.29, 0.717) is 12.2 Å². The molecule has 6 nitrogen and oxygen atoms in total. The Morgan fingerprint density at radius 1 is 1.31 bits per heavy atom. The van der Waals surface area contributed by atoms with Gasteiger partial charge in [-0.05, 0) is 37.0 Å². The topological polar surface area (TPSA) is 58.4 Å². The summed E-state index contributed by atoms with van der Waals surface area (Å²) in [6.07, 6.45) is 4.24. The average Bonchev–Trinajstić information content (AvgIpc) is 2.63. The summed E-state index contributed by atoms with van der Waals surface area (Å²) in [4.78, 5) is 28.6. The number of halogens is 1. The summed E-state index contributed by atoms with van der Waals surface area (Å²) in [5, 5.41) is 4.10. The molecule has 1 amide bonds. The zero-order chi connectivity index (χ0) is 18.7. The highest BCUT2D eigenvalue weighted by atomic mass is 19.1. The van der Waals surface area contributed by atoms with Crippen LogP contribution in [-0.2, 0) is 11.3 Å². The van der Waals surface area contributed by atoms with Crippen LogP contribution < -0.4 is 10.5 Å². The molecule has 138 valence electrons. The molecule has 0 N–H and O–H groups in total. The van der Waals surface area contributed by atoms with Gasteiger partial charge in [0.15, 0.2) is 0 Å². The first-order chi connectivity index (χ1) is 12.5. The molecule has 0 aliphatic carbocycles. The van der Waals surface area contributed by atoms with Crippen LogP contribution in [0.1, 0.15) is 30.9 Å². The van der Waals surface area contributed by atoms with Crippen LogP contribution in [0.15, 0.2) is 41.3 Å². The number of rotatable bonds is 4. The lowest BCUT2D eigenvalue weighted by atomic mass is 9.95. The molecule has 1 aliphatic rings. The van der Waals surface area contributed by atoms with Crippen molar-refractivity contribution in [3.05, 3.63) is 58.3 Å². The highest BCUT2D eigenvalue weighted by Crippen LogP contribution is 2.31. The van der Waals surface area contributed by atoms with E-state index in [2.05, 4.69) is 5.10 Å². The number of amides is 1. The van der Waals surface area contributed by atoms with E-state index in [1.165, 1.54) is 22.9 Å². The number of anilines is 1. The fourth-order valence-electron chi connectivity index (χ4n) is 3.30. The molecule has 0 spiro atoms. The summed E-state index contributed by atoms with van der Waals surface area (Å²) in [6.45, 7) is 0.489. The van der Waals surface area contributed by atoms with Gasteiger partial charge in [0.25, 0.3) is 5.56 Å². The van der Waals surface area contributed by atoms with Gasteiger partial charge in [-0.2, -0.15) is 5.10 Å². The van der Waals surface area contributed by atoms with E-state index in [1.807, 2.05) is 20.2 Å². The Bertz CT molecular complexity index is 849. The summed E-state index contributed by atoms with van der Waals surface area (Å²) in [5.41, 5.74) is 1.17. The highest BCUT2D eigenvalue weighted by molar-refractivity contribution is 5.76. The molecule has 0 unspecified atom stereocenters. The van der Waals surface area contributed by atoms with Crippen LogP contribution in [0, 0.1) is 5.82 Å². The number of carbonyl (C=O) groups excluding carboxylic acids is 1. The molecule has 1 aromatic carbocycles. The normalized spacial score (nSPS) is 17.2. The first-order valence-corrected chi connectivity index (χ1v) is 8.75. The fourth-order valence-corrected chi connectivity index (χ4v) is 3.30. The molecule has 0 saturated carbocycles. The summed E-state index contributed by atoms with van der Waals surface area (Å²) in [6, 6.07) is 7.68. The van der Waals surface area contributed by atoms with Gasteiger partial charge < -0.3 is 9.80 Å². The van der Waals surface area contributed by atoms with Gasteiger partial charge in [0.05, 0.1) is 17.9 Å². The minimum atomic E-state index is -0.316. The number of carbonyl (C=O) groups is 1. The second-order valence-corrected chi connectivity index (χ2v) is 6.76. The summed E-state index contributed by atoms with van der Waals surface area (Å²) < 4.78 is 14.8. The molecule has 7 heteroatoms. The van der Waals surface area contributed by atoms with Crippen LogP contribution in [0.3, 0.4) is 0 Å². The molecular formula is C19H23FN4O2. The number of hydrogen-bond acceptors (Lipinski definition) is 4. The van der Waals surface area contributed by atoms with Crippen LogP contribution in [0.2, 0.25) is 0 Å². The summed E-state index contributed by atoms with van der Waals surface area (Å²) in [5.74, 6) is -0.483. The third-order valence-electron chi connectivity index (χ3n) is 4.71. The number of nitrogens with zero attached hydrogens (tertiary/aromatic N) is 4. The highest BCUT2D eigenvalue weighted by Gasteiger charge is 2.28. The van der Waals surface area contributed by atoms with Gasteiger partial charge in [0.2, 0.25) is 5.91 Å². The minimum absolute atomic E-state index is 0.113. The van der Waals surface area contributed by atoms with Gasteiger partial charge in [0.1, 0.15) is 12.4 Å². The first-order valence-electron chi connectivity index (χ1n) is 8.75. The van der Waals surface area contributed by atoms with E-state index in [0.717, 1.165) is 24.8 Å². The minimum Gasteiger partial charge on any atom is -0.376 e. The molecule has 0 bridgehead atoms. The van der Waals surface area contributed by atoms with Gasteiger partial charge in [-0.3, -0.25) is 9.59 Å². The second kappa shape index (κ2) is 7.68. The molecule has 1 aromatic heterocycles. The molecule has 26 heavy (non-hydrogen) atoms. The molecule has 1 saturated heterocycles. The quantitative estimate of drug-likeness (QED) is 0.841. The van der Waals surface area contributed by atoms with Crippen LogP contribution in [0.25, 0.3) is 0 Å². The molecule has 1 aliphatic heterocycles. The Labute approximate surface area is 151 Å². The lowest BCUT2D eigenvalue weighted by Crippen LogP contribution is -2.42. The third-order valence-corrected chi connectivity index (χ3v) is 4.71. The number of benzene rings is 1. The fraction of sp³-hybridized carbons (Fsp3) is 0.421. The van der Waals surface area contributed by atoms with Gasteiger partial charge in [-0.25, -0.2) is 9.07 Å². The third kappa shape index (κ3) is 3.92. The summed E-state index contributed by atoms with van der Waals surface area (Å²) in [7, 11) is 3.65. The van der Waals surface area contributed by atoms with E-state index in [1.54, 1.807) is 22.1 Å². The number of piperidine rings is 1. The van der Waals surface area contributed by atoms with Crippen molar-refractivity contribution < 1.29 is 9.18 Å². The lowest BCUT2D eigenvalue weighted by molar-refractivity contribution is -0.136. The largest absolute Gasteiger partial charge is 0.376 e. The Morgan fingerprint density at radius 2 is 2.12 bits per heavy atom. The van der Waals surface area contributed by atoms with E-state index < -0.39 is 0 Å². The molecule has 1 fully saturated rings. The Balaban J connectivity index is 1.80. The molecular weight excluding hydrogens is 335 g/mol.